The predicted octanol–water partition coefficient (Wildman–Crippen LogP) is 4.38. The van der Waals surface area contributed by atoms with E-state index in [9.17, 15) is 4.79 Å². The number of nitrogens with zero attached hydrogens (tertiary/aromatic N) is 2. The highest BCUT2D eigenvalue weighted by atomic mass is 35.5. The van der Waals surface area contributed by atoms with Crippen molar-refractivity contribution in [1.29, 1.82) is 0 Å². The number of halogens is 2. The molecule has 8 heteroatoms. The number of ketones is 1. The first-order valence-electron chi connectivity index (χ1n) is 7.17. The molecule has 122 valence electrons. The molecule has 0 unspecified atom stereocenters. The van der Waals surface area contributed by atoms with Crippen molar-refractivity contribution in [3.05, 3.63) is 32.6 Å². The molecular weight excluding hydrogens is 369 g/mol. The number of thiophene rings is 1. The number of carbonyl (C=O) groups is 1. The lowest BCUT2D eigenvalue weighted by Gasteiger charge is -2.12. The van der Waals surface area contributed by atoms with E-state index in [-0.39, 0.29) is 11.7 Å². The second kappa shape index (κ2) is 5.58. The van der Waals surface area contributed by atoms with Gasteiger partial charge in [0, 0.05) is 22.9 Å². The number of ether oxygens (including phenoxy) is 1. The van der Waals surface area contributed by atoms with Gasteiger partial charge in [-0.25, -0.2) is 9.97 Å². The van der Waals surface area contributed by atoms with Gasteiger partial charge in [0.05, 0.1) is 27.2 Å². The molecule has 0 saturated heterocycles. The Balaban J connectivity index is 2.08. The van der Waals surface area contributed by atoms with Gasteiger partial charge in [-0.1, -0.05) is 23.2 Å². The minimum absolute atomic E-state index is 0.0294. The lowest BCUT2D eigenvalue weighted by Crippen LogP contribution is -1.98. The maximum absolute atomic E-state index is 11.7. The maximum atomic E-state index is 11.7. The van der Waals surface area contributed by atoms with Gasteiger partial charge in [-0.05, 0) is 19.1 Å². The highest BCUT2D eigenvalue weighted by Gasteiger charge is 2.26. The van der Waals surface area contributed by atoms with Crippen molar-refractivity contribution in [3.63, 3.8) is 0 Å². The Labute approximate surface area is 151 Å². The topological polar surface area (TPSA) is 78.1 Å². The van der Waals surface area contributed by atoms with Crippen molar-refractivity contribution in [1.82, 2.24) is 9.97 Å². The Morgan fingerprint density at radius 3 is 2.83 bits per heavy atom. The molecule has 1 aliphatic heterocycles. The molecule has 2 aromatic heterocycles. The van der Waals surface area contributed by atoms with Crippen molar-refractivity contribution in [2.75, 3.05) is 12.3 Å². The monoisotopic (exact) mass is 379 g/mol. The minimum Gasteiger partial charge on any atom is -0.491 e. The Morgan fingerprint density at radius 1 is 1.29 bits per heavy atom. The molecular formula is C16H11Cl2N3O2S. The molecule has 2 N–H and O–H groups in total. The number of anilines is 1. The van der Waals surface area contributed by atoms with Gasteiger partial charge in [-0.2, -0.15) is 0 Å². The van der Waals surface area contributed by atoms with E-state index in [0.29, 0.717) is 44.2 Å². The van der Waals surface area contributed by atoms with E-state index in [1.165, 1.54) is 18.3 Å². The number of aromatic nitrogens is 2. The van der Waals surface area contributed by atoms with E-state index in [4.69, 9.17) is 33.7 Å². The van der Waals surface area contributed by atoms with Crippen LogP contribution in [-0.4, -0.2) is 22.4 Å². The smallest absolute Gasteiger partial charge is 0.221 e. The summed E-state index contributed by atoms with van der Waals surface area (Å²) in [6.45, 7) is 2.05. The summed E-state index contributed by atoms with van der Waals surface area (Å²) in [6.07, 6.45) is 0.681. The van der Waals surface area contributed by atoms with Crippen LogP contribution in [0, 0.1) is 0 Å². The summed E-state index contributed by atoms with van der Waals surface area (Å²) in [5, 5.41) is 1.70. The predicted molar refractivity (Wildman–Crippen MR) is 96.5 cm³/mol. The molecule has 0 bridgehead atoms. The van der Waals surface area contributed by atoms with E-state index in [2.05, 4.69) is 9.97 Å². The number of nitrogens with two attached hydrogens (primary N) is 1. The van der Waals surface area contributed by atoms with E-state index < -0.39 is 0 Å². The summed E-state index contributed by atoms with van der Waals surface area (Å²) in [5.74, 6) is 0.731. The van der Waals surface area contributed by atoms with Gasteiger partial charge >= 0.3 is 0 Å². The second-order valence-corrected chi connectivity index (χ2v) is 7.28. The first-order chi connectivity index (χ1) is 11.5. The molecule has 4 rings (SSSR count). The molecule has 0 saturated carbocycles. The molecule has 1 aliphatic rings. The van der Waals surface area contributed by atoms with Gasteiger partial charge in [0.1, 0.15) is 10.6 Å². The van der Waals surface area contributed by atoms with Crippen molar-refractivity contribution in [3.8, 4) is 17.0 Å². The third kappa shape index (κ3) is 2.33. The molecule has 1 aromatic carbocycles. The van der Waals surface area contributed by atoms with Crippen molar-refractivity contribution in [2.24, 2.45) is 0 Å². The van der Waals surface area contributed by atoms with E-state index in [0.717, 1.165) is 16.5 Å². The average molecular weight is 380 g/mol. The van der Waals surface area contributed by atoms with Gasteiger partial charge < -0.3 is 10.5 Å². The Bertz CT molecular complexity index is 1020. The van der Waals surface area contributed by atoms with Crippen LogP contribution in [-0.2, 0) is 6.42 Å². The number of fused-ring (bicyclic) bond motifs is 2. The van der Waals surface area contributed by atoms with Crippen LogP contribution in [0.3, 0.4) is 0 Å². The molecule has 0 spiro atoms. The van der Waals surface area contributed by atoms with E-state index >= 15 is 0 Å². The highest BCUT2D eigenvalue weighted by Crippen LogP contribution is 2.46. The highest BCUT2D eigenvalue weighted by molar-refractivity contribution is 7.20. The summed E-state index contributed by atoms with van der Waals surface area (Å²) in [4.78, 5) is 21.6. The number of hydrogen-bond donors (Lipinski definition) is 1. The Morgan fingerprint density at radius 2 is 2.08 bits per heavy atom. The summed E-state index contributed by atoms with van der Waals surface area (Å²) < 4.78 is 5.62. The summed E-state index contributed by atoms with van der Waals surface area (Å²) in [7, 11) is 0. The van der Waals surface area contributed by atoms with Gasteiger partial charge in [0.15, 0.2) is 5.78 Å². The fourth-order valence-electron chi connectivity index (χ4n) is 2.86. The van der Waals surface area contributed by atoms with Crippen LogP contribution in [0.5, 0.6) is 5.75 Å². The lowest BCUT2D eigenvalue weighted by atomic mass is 10.00. The zero-order valence-corrected chi connectivity index (χ0v) is 14.8. The number of rotatable bonds is 2. The molecule has 3 aromatic rings. The Hall–Kier alpha value is -1.89. The molecule has 24 heavy (non-hydrogen) atoms. The fraction of sp³-hybridized carbons (Fsp3) is 0.188. The average Bonchev–Trinajstić information content (AvgIpc) is 3.13. The number of nitrogen functional groups attached to an aromatic ring is 1. The van der Waals surface area contributed by atoms with Crippen LogP contribution in [0.2, 0.25) is 10.0 Å². The van der Waals surface area contributed by atoms with Crippen molar-refractivity contribution in [2.45, 2.75) is 13.3 Å². The number of benzene rings is 1. The third-order valence-electron chi connectivity index (χ3n) is 3.88. The summed E-state index contributed by atoms with van der Waals surface area (Å²) >= 11 is 14.0. The van der Waals surface area contributed by atoms with Crippen LogP contribution in [0.4, 0.5) is 5.95 Å². The number of hydrogen-bond acceptors (Lipinski definition) is 6. The quantitative estimate of drug-likeness (QED) is 0.668. The fourth-order valence-corrected chi connectivity index (χ4v) is 4.44. The van der Waals surface area contributed by atoms with Gasteiger partial charge in [0.2, 0.25) is 5.95 Å². The standard InChI is InChI=1S/C16H11Cl2N3O2S/c1-6(22)11-4-8-13(20-16(19)21-15(8)24-11)12-7-2-3-23-14(7)10(18)5-9(12)17/h4-5H,2-3H2,1H3,(H2,19,20,21). The van der Waals surface area contributed by atoms with Crippen LogP contribution in [0.1, 0.15) is 22.2 Å². The van der Waals surface area contributed by atoms with Crippen LogP contribution in [0.25, 0.3) is 21.5 Å². The number of Topliss-reactive ketones (excluding diaryl/α,β-unsaturated/α-hetero) is 1. The molecule has 0 atom stereocenters. The van der Waals surface area contributed by atoms with E-state index in [1.807, 2.05) is 0 Å². The summed E-state index contributed by atoms with van der Waals surface area (Å²) in [5.41, 5.74) is 8.11. The molecule has 3 heterocycles. The molecule has 0 radical (unpaired) electrons. The normalized spacial score (nSPS) is 13.1. The minimum atomic E-state index is -0.0294. The zero-order valence-electron chi connectivity index (χ0n) is 12.5. The first kappa shape index (κ1) is 15.6. The largest absolute Gasteiger partial charge is 0.491 e. The molecule has 0 amide bonds. The second-order valence-electron chi connectivity index (χ2n) is 5.44. The van der Waals surface area contributed by atoms with Gasteiger partial charge in [0.25, 0.3) is 0 Å². The lowest BCUT2D eigenvalue weighted by molar-refractivity contribution is 0.102. The van der Waals surface area contributed by atoms with E-state index in [1.54, 1.807) is 12.1 Å². The van der Waals surface area contributed by atoms with Crippen molar-refractivity contribution < 1.29 is 9.53 Å². The Kier molecular flexibility index (Phi) is 3.63. The molecule has 0 fully saturated rings. The third-order valence-corrected chi connectivity index (χ3v) is 5.59. The SMILES string of the molecule is CC(=O)c1cc2c(-c3c(Cl)cc(Cl)c4c3CCO4)nc(N)nc2s1. The van der Waals surface area contributed by atoms with Crippen LogP contribution < -0.4 is 10.5 Å². The van der Waals surface area contributed by atoms with Gasteiger partial charge in [-0.3, -0.25) is 4.79 Å². The number of carbonyl (C=O) groups excluding carboxylic acids is 1. The van der Waals surface area contributed by atoms with Crippen LogP contribution >= 0.6 is 34.5 Å². The van der Waals surface area contributed by atoms with Gasteiger partial charge in [-0.15, -0.1) is 11.3 Å². The van der Waals surface area contributed by atoms with Crippen molar-refractivity contribution >= 4 is 56.5 Å². The van der Waals surface area contributed by atoms with Crippen LogP contribution in [0.15, 0.2) is 12.1 Å². The first-order valence-corrected chi connectivity index (χ1v) is 8.75. The molecule has 5 nitrogen and oxygen atoms in total. The zero-order chi connectivity index (χ0) is 17.0. The maximum Gasteiger partial charge on any atom is 0.221 e. The molecule has 0 aliphatic carbocycles. The summed E-state index contributed by atoms with van der Waals surface area (Å²) in [6, 6.07) is 3.43.